The predicted octanol–water partition coefficient (Wildman–Crippen LogP) is 6.38. The molecule has 0 aromatic heterocycles. The SMILES string of the molecule is C/C(C(=O)OCc1ccccc1)=C(\C=C(/C)N(CC1CC1)C(=O)CN(C)S(=O)(=O)c1c(F)c(F)c(F)c(F)c1F)OCc1ccccc1. The fourth-order valence-corrected chi connectivity index (χ4v) is 5.75. The van der Waals surface area contributed by atoms with E-state index >= 15 is 0 Å². The van der Waals surface area contributed by atoms with Crippen LogP contribution in [0.15, 0.2) is 88.7 Å². The molecule has 0 aliphatic heterocycles. The summed E-state index contributed by atoms with van der Waals surface area (Å²) in [5, 5.41) is 0. The maximum atomic E-state index is 14.4. The van der Waals surface area contributed by atoms with E-state index in [1.807, 2.05) is 12.1 Å². The zero-order chi connectivity index (χ0) is 35.2. The van der Waals surface area contributed by atoms with Gasteiger partial charge in [0.25, 0.3) is 0 Å². The van der Waals surface area contributed by atoms with Gasteiger partial charge >= 0.3 is 5.97 Å². The number of ether oxygens (including phenoxy) is 2. The molecule has 1 saturated carbocycles. The van der Waals surface area contributed by atoms with Crippen molar-refractivity contribution in [1.29, 1.82) is 0 Å². The first kappa shape index (κ1) is 36.3. The second kappa shape index (κ2) is 15.6. The van der Waals surface area contributed by atoms with E-state index in [9.17, 15) is 40.0 Å². The monoisotopic (exact) mass is 692 g/mol. The van der Waals surface area contributed by atoms with Gasteiger partial charge in [0.1, 0.15) is 19.0 Å². The summed E-state index contributed by atoms with van der Waals surface area (Å²) < 4.78 is 108. The third kappa shape index (κ3) is 8.66. The molecule has 1 amide bonds. The van der Waals surface area contributed by atoms with Gasteiger partial charge in [0.05, 0.1) is 12.1 Å². The Morgan fingerprint density at radius 1 is 0.792 bits per heavy atom. The van der Waals surface area contributed by atoms with Crippen LogP contribution in [0.3, 0.4) is 0 Å². The zero-order valence-corrected chi connectivity index (χ0v) is 27.1. The van der Waals surface area contributed by atoms with E-state index in [4.69, 9.17) is 9.47 Å². The molecule has 0 spiro atoms. The van der Waals surface area contributed by atoms with E-state index in [1.54, 1.807) is 48.5 Å². The Balaban J connectivity index is 1.62. The Bertz CT molecular complexity index is 1800. The molecule has 8 nitrogen and oxygen atoms in total. The number of halogens is 5. The quantitative estimate of drug-likeness (QED) is 0.0371. The van der Waals surface area contributed by atoms with E-state index in [-0.39, 0.29) is 47.0 Å². The lowest BCUT2D eigenvalue weighted by Crippen LogP contribution is -2.41. The normalized spacial score (nSPS) is 14.1. The van der Waals surface area contributed by atoms with Gasteiger partial charge in [-0.25, -0.2) is 35.2 Å². The fraction of sp³-hybridized carbons (Fsp3) is 0.294. The van der Waals surface area contributed by atoms with Gasteiger partial charge in [-0.2, -0.15) is 4.31 Å². The molecule has 0 atom stereocenters. The Morgan fingerprint density at radius 3 is 1.77 bits per heavy atom. The molecule has 1 fully saturated rings. The van der Waals surface area contributed by atoms with Crippen LogP contribution < -0.4 is 0 Å². The van der Waals surface area contributed by atoms with Crippen LogP contribution in [0, 0.1) is 35.0 Å². The third-order valence-electron chi connectivity index (χ3n) is 7.53. The number of benzene rings is 3. The van der Waals surface area contributed by atoms with Crippen molar-refractivity contribution in [3.05, 3.63) is 124 Å². The number of nitrogens with zero attached hydrogens (tertiary/aromatic N) is 2. The van der Waals surface area contributed by atoms with Gasteiger partial charge in [0, 0.05) is 19.3 Å². The van der Waals surface area contributed by atoms with Crippen LogP contribution in [0.25, 0.3) is 0 Å². The molecule has 0 heterocycles. The number of amides is 1. The summed E-state index contributed by atoms with van der Waals surface area (Å²) in [4.78, 5) is 25.8. The third-order valence-corrected chi connectivity index (χ3v) is 9.35. The number of allylic oxidation sites excluding steroid dienone is 2. The molecule has 1 aliphatic carbocycles. The first-order valence-corrected chi connectivity index (χ1v) is 16.2. The van der Waals surface area contributed by atoms with Crippen molar-refractivity contribution in [2.45, 2.75) is 44.8 Å². The van der Waals surface area contributed by atoms with Gasteiger partial charge in [-0.3, -0.25) is 4.79 Å². The van der Waals surface area contributed by atoms with Crippen molar-refractivity contribution in [3.63, 3.8) is 0 Å². The summed E-state index contributed by atoms with van der Waals surface area (Å²) in [6.07, 6.45) is 2.96. The van der Waals surface area contributed by atoms with Crippen LogP contribution in [0.4, 0.5) is 22.0 Å². The average molecular weight is 693 g/mol. The predicted molar refractivity (Wildman–Crippen MR) is 164 cm³/mol. The topological polar surface area (TPSA) is 93.2 Å². The van der Waals surface area contributed by atoms with Crippen LogP contribution in [-0.2, 0) is 42.3 Å². The molecule has 3 aromatic carbocycles. The second-order valence-corrected chi connectivity index (χ2v) is 13.2. The number of hydrogen-bond donors (Lipinski definition) is 0. The molecule has 0 bridgehead atoms. The first-order chi connectivity index (χ1) is 22.7. The number of esters is 1. The lowest BCUT2D eigenvalue weighted by atomic mass is 10.2. The summed E-state index contributed by atoms with van der Waals surface area (Å²) in [7, 11) is -4.59. The molecule has 0 saturated heterocycles. The lowest BCUT2D eigenvalue weighted by Gasteiger charge is -2.27. The van der Waals surface area contributed by atoms with E-state index in [2.05, 4.69) is 0 Å². The van der Waals surface area contributed by atoms with E-state index < -0.39 is 62.4 Å². The van der Waals surface area contributed by atoms with Crippen LogP contribution in [-0.4, -0.2) is 49.6 Å². The van der Waals surface area contributed by atoms with Crippen molar-refractivity contribution in [3.8, 4) is 0 Å². The molecule has 256 valence electrons. The Hall–Kier alpha value is -4.56. The first-order valence-electron chi connectivity index (χ1n) is 14.8. The van der Waals surface area contributed by atoms with Crippen molar-refractivity contribution in [2.75, 3.05) is 20.1 Å². The highest BCUT2D eigenvalue weighted by atomic mass is 32.2. The molecule has 48 heavy (non-hydrogen) atoms. The highest BCUT2D eigenvalue weighted by Crippen LogP contribution is 2.32. The summed E-state index contributed by atoms with van der Waals surface area (Å²) in [5.41, 5.74) is 1.83. The molecule has 14 heteroatoms. The van der Waals surface area contributed by atoms with Crippen LogP contribution >= 0.6 is 0 Å². The van der Waals surface area contributed by atoms with Crippen LogP contribution in [0.1, 0.15) is 37.8 Å². The number of carbonyl (C=O) groups excluding carboxylic acids is 2. The minimum atomic E-state index is -5.37. The number of likely N-dealkylation sites (N-methyl/N-ethyl adjacent to an activating group) is 1. The fourth-order valence-electron chi connectivity index (χ4n) is 4.52. The molecule has 4 rings (SSSR count). The van der Waals surface area contributed by atoms with Gasteiger partial charge in [0.2, 0.25) is 21.7 Å². The number of carbonyl (C=O) groups is 2. The average Bonchev–Trinajstić information content (AvgIpc) is 3.91. The highest BCUT2D eigenvalue weighted by molar-refractivity contribution is 7.89. The Morgan fingerprint density at radius 2 is 1.27 bits per heavy atom. The molecule has 0 N–H and O–H groups in total. The van der Waals surface area contributed by atoms with Crippen molar-refractivity contribution in [1.82, 2.24) is 9.21 Å². The summed E-state index contributed by atoms with van der Waals surface area (Å²) in [5.74, 6) is -13.9. The Labute approximate surface area is 275 Å². The van der Waals surface area contributed by atoms with Gasteiger partial charge in [-0.05, 0) is 49.8 Å². The van der Waals surface area contributed by atoms with E-state index in [0.29, 0.717) is 0 Å². The minimum absolute atomic E-state index is 0.0121. The smallest absolute Gasteiger partial charge is 0.337 e. The van der Waals surface area contributed by atoms with Gasteiger partial charge < -0.3 is 14.4 Å². The number of rotatable bonds is 14. The Kier molecular flexibility index (Phi) is 11.8. The van der Waals surface area contributed by atoms with Crippen molar-refractivity contribution >= 4 is 21.9 Å². The molecular weight excluding hydrogens is 659 g/mol. The molecular formula is C34H33F5N2O6S. The van der Waals surface area contributed by atoms with Crippen LogP contribution in [0.5, 0.6) is 0 Å². The lowest BCUT2D eigenvalue weighted by molar-refractivity contribution is -0.140. The largest absolute Gasteiger partial charge is 0.488 e. The molecule has 3 aromatic rings. The standard InChI is InChI=1S/C34H33F5N2O6S/c1-21(16-26(46-19-24-10-6-4-7-11-24)22(2)34(43)47-20-25-12-8-5-9-13-25)41(17-23-14-15-23)27(42)18-40(3)48(44,45)33-31(38)29(36)28(35)30(37)32(33)39/h4-13,16,23H,14-15,17-20H2,1-3H3/b21-16+,26-22-. The summed E-state index contributed by atoms with van der Waals surface area (Å²) in [6, 6.07) is 18.0. The van der Waals surface area contributed by atoms with Crippen molar-refractivity contribution in [2.24, 2.45) is 5.92 Å². The zero-order valence-electron chi connectivity index (χ0n) is 26.3. The molecule has 0 radical (unpaired) electrons. The number of hydrogen-bond acceptors (Lipinski definition) is 6. The van der Waals surface area contributed by atoms with Gasteiger partial charge in [-0.1, -0.05) is 60.7 Å². The van der Waals surface area contributed by atoms with E-state index in [1.165, 1.54) is 24.8 Å². The summed E-state index contributed by atoms with van der Waals surface area (Å²) in [6.45, 7) is 2.15. The van der Waals surface area contributed by atoms with Crippen LogP contribution in [0.2, 0.25) is 0 Å². The maximum absolute atomic E-state index is 14.4. The van der Waals surface area contributed by atoms with Crippen molar-refractivity contribution < 1.29 is 49.4 Å². The number of sulfonamides is 1. The summed E-state index contributed by atoms with van der Waals surface area (Å²) >= 11 is 0. The molecule has 1 aliphatic rings. The van der Waals surface area contributed by atoms with E-state index in [0.717, 1.165) is 31.0 Å². The maximum Gasteiger partial charge on any atom is 0.337 e. The highest BCUT2D eigenvalue weighted by Gasteiger charge is 2.37. The minimum Gasteiger partial charge on any atom is -0.488 e. The van der Waals surface area contributed by atoms with Gasteiger partial charge in [0.15, 0.2) is 28.2 Å². The van der Waals surface area contributed by atoms with Gasteiger partial charge in [-0.15, -0.1) is 0 Å². The second-order valence-electron chi connectivity index (χ2n) is 11.2. The molecule has 0 unspecified atom stereocenters.